The summed E-state index contributed by atoms with van der Waals surface area (Å²) in [5, 5.41) is 8.57. The van der Waals surface area contributed by atoms with Gasteiger partial charge in [0.15, 0.2) is 0 Å². The fraction of sp³-hybridized carbons (Fsp3) is 0.160. The lowest BCUT2D eigenvalue weighted by Crippen LogP contribution is -2.34. The zero-order valence-electron chi connectivity index (χ0n) is 18.0. The van der Waals surface area contributed by atoms with Crippen LogP contribution in [-0.2, 0) is 9.59 Å². The first kappa shape index (κ1) is 22.6. The van der Waals surface area contributed by atoms with Crippen molar-refractivity contribution in [3.8, 4) is 11.5 Å². The molecule has 0 aliphatic heterocycles. The number of fused-ring (bicyclic) bond motifs is 1. The average molecular weight is 431 g/mol. The number of hydrogen-bond donors (Lipinski definition) is 2. The molecule has 7 nitrogen and oxygen atoms in total. The molecule has 3 aromatic rings. The topological polar surface area (TPSA) is 89.0 Å². The van der Waals surface area contributed by atoms with E-state index in [-0.39, 0.29) is 12.5 Å². The van der Waals surface area contributed by atoms with Gasteiger partial charge in [0.05, 0.1) is 26.5 Å². The number of methoxy groups -OCH3 is 1. The van der Waals surface area contributed by atoms with Gasteiger partial charge in [0.25, 0.3) is 5.91 Å². The number of nitrogens with zero attached hydrogens (tertiary/aromatic N) is 1. The minimum atomic E-state index is -0.439. The number of rotatable bonds is 9. The summed E-state index contributed by atoms with van der Waals surface area (Å²) in [6.07, 6.45) is 4.57. The molecule has 0 aliphatic rings. The summed E-state index contributed by atoms with van der Waals surface area (Å²) in [5.41, 5.74) is 4.05. The van der Waals surface area contributed by atoms with E-state index in [0.717, 1.165) is 27.6 Å². The van der Waals surface area contributed by atoms with Crippen molar-refractivity contribution in [1.29, 1.82) is 0 Å². The molecule has 0 spiro atoms. The molecule has 0 saturated heterocycles. The molecule has 0 aliphatic carbocycles. The fourth-order valence-corrected chi connectivity index (χ4v) is 3.01. The van der Waals surface area contributed by atoms with Crippen molar-refractivity contribution in [2.45, 2.75) is 6.92 Å². The highest BCUT2D eigenvalue weighted by Crippen LogP contribution is 2.26. The van der Waals surface area contributed by atoms with Gasteiger partial charge in [-0.15, -0.1) is 0 Å². The number of benzene rings is 3. The van der Waals surface area contributed by atoms with Crippen molar-refractivity contribution in [3.63, 3.8) is 0 Å². The Morgan fingerprint density at radius 3 is 2.56 bits per heavy atom. The second kappa shape index (κ2) is 11.3. The molecule has 0 unspecified atom stereocenters. The molecule has 0 aromatic heterocycles. The molecular formula is C25H25N3O4. The minimum absolute atomic E-state index is 0.197. The molecule has 0 radical (unpaired) electrons. The third-order valence-corrected chi connectivity index (χ3v) is 4.58. The lowest BCUT2D eigenvalue weighted by atomic mass is 10.0. The van der Waals surface area contributed by atoms with Gasteiger partial charge >= 0.3 is 0 Å². The van der Waals surface area contributed by atoms with E-state index >= 15 is 0 Å². The Kier molecular flexibility index (Phi) is 7.97. The molecule has 2 amide bonds. The largest absolute Gasteiger partial charge is 0.497 e. The summed E-state index contributed by atoms with van der Waals surface area (Å²) in [4.78, 5) is 24.0. The Hall–Kier alpha value is -4.13. The van der Waals surface area contributed by atoms with E-state index in [1.807, 2.05) is 55.5 Å². The van der Waals surface area contributed by atoms with Crippen LogP contribution < -0.4 is 20.2 Å². The van der Waals surface area contributed by atoms with Crippen molar-refractivity contribution < 1.29 is 19.1 Å². The van der Waals surface area contributed by atoms with Crippen molar-refractivity contribution in [3.05, 3.63) is 77.9 Å². The molecule has 2 N–H and O–H groups in total. The second-order valence-corrected chi connectivity index (χ2v) is 6.75. The van der Waals surface area contributed by atoms with Gasteiger partial charge in [0, 0.05) is 11.6 Å². The monoisotopic (exact) mass is 431 g/mol. The molecule has 0 heterocycles. The highest BCUT2D eigenvalue weighted by molar-refractivity contribution is 6.02. The van der Waals surface area contributed by atoms with Gasteiger partial charge in [0.2, 0.25) is 5.91 Å². The van der Waals surface area contributed by atoms with E-state index in [1.165, 1.54) is 6.08 Å². The number of nitrogens with one attached hydrogen (secondary N) is 2. The van der Waals surface area contributed by atoms with Crippen LogP contribution in [0.4, 0.5) is 0 Å². The van der Waals surface area contributed by atoms with Crippen LogP contribution in [-0.4, -0.2) is 38.3 Å². The Morgan fingerprint density at radius 1 is 1.03 bits per heavy atom. The molecule has 0 atom stereocenters. The summed E-state index contributed by atoms with van der Waals surface area (Å²) in [7, 11) is 1.59. The van der Waals surface area contributed by atoms with E-state index in [4.69, 9.17) is 9.47 Å². The number of carbonyl (C=O) groups excluding carboxylic acids is 2. The predicted octanol–water partition coefficient (Wildman–Crippen LogP) is 3.53. The standard InChI is InChI=1S/C25H25N3O4/c1-3-32-23-14-11-19-6-4-5-7-21(19)22(23)16-27-28-25(30)17-26-24(29)15-10-18-8-12-20(31-2)13-9-18/h4-16H,3,17H2,1-2H3,(H,26,29)(H,28,30)/b15-10+,27-16+. The van der Waals surface area contributed by atoms with Crippen LogP contribution in [0.3, 0.4) is 0 Å². The molecule has 164 valence electrons. The molecule has 0 fully saturated rings. The summed E-state index contributed by atoms with van der Waals surface area (Å²) < 4.78 is 10.8. The maximum absolute atomic E-state index is 12.0. The highest BCUT2D eigenvalue weighted by atomic mass is 16.5. The van der Waals surface area contributed by atoms with Gasteiger partial charge in [-0.2, -0.15) is 5.10 Å². The van der Waals surface area contributed by atoms with E-state index < -0.39 is 5.91 Å². The molecule has 32 heavy (non-hydrogen) atoms. The van der Waals surface area contributed by atoms with Gasteiger partial charge in [-0.3, -0.25) is 9.59 Å². The third-order valence-electron chi connectivity index (χ3n) is 4.58. The number of carbonyl (C=O) groups is 2. The molecular weight excluding hydrogens is 406 g/mol. The lowest BCUT2D eigenvalue weighted by Gasteiger charge is -2.10. The van der Waals surface area contributed by atoms with Gasteiger partial charge < -0.3 is 14.8 Å². The smallest absolute Gasteiger partial charge is 0.259 e. The Balaban J connectivity index is 1.55. The first-order valence-corrected chi connectivity index (χ1v) is 10.2. The summed E-state index contributed by atoms with van der Waals surface area (Å²) in [6, 6.07) is 19.0. The first-order valence-electron chi connectivity index (χ1n) is 10.2. The number of hydrazone groups is 1. The maximum Gasteiger partial charge on any atom is 0.259 e. The normalized spacial score (nSPS) is 11.1. The zero-order valence-corrected chi connectivity index (χ0v) is 18.0. The number of ether oxygens (including phenoxy) is 2. The minimum Gasteiger partial charge on any atom is -0.497 e. The number of amides is 2. The van der Waals surface area contributed by atoms with Crippen molar-refractivity contribution >= 4 is 34.9 Å². The van der Waals surface area contributed by atoms with Gasteiger partial charge in [-0.05, 0) is 47.5 Å². The van der Waals surface area contributed by atoms with Crippen molar-refractivity contribution in [2.24, 2.45) is 5.10 Å². The molecule has 3 rings (SSSR count). The summed E-state index contributed by atoms with van der Waals surface area (Å²) in [5.74, 6) is 0.597. The Labute approximate surface area is 186 Å². The summed E-state index contributed by atoms with van der Waals surface area (Å²) >= 11 is 0. The van der Waals surface area contributed by atoms with Crippen LogP contribution in [0.1, 0.15) is 18.1 Å². The van der Waals surface area contributed by atoms with Crippen LogP contribution in [0.25, 0.3) is 16.8 Å². The highest BCUT2D eigenvalue weighted by Gasteiger charge is 2.07. The fourth-order valence-electron chi connectivity index (χ4n) is 3.01. The second-order valence-electron chi connectivity index (χ2n) is 6.75. The SMILES string of the molecule is CCOc1ccc2ccccc2c1/C=N/NC(=O)CNC(=O)/C=C/c1ccc(OC)cc1. The van der Waals surface area contributed by atoms with Gasteiger partial charge in [-0.1, -0.05) is 42.5 Å². The van der Waals surface area contributed by atoms with Crippen molar-refractivity contribution in [1.82, 2.24) is 10.7 Å². The lowest BCUT2D eigenvalue weighted by molar-refractivity contribution is -0.123. The van der Waals surface area contributed by atoms with Gasteiger partial charge in [0.1, 0.15) is 11.5 Å². The molecule has 0 saturated carbocycles. The molecule has 7 heteroatoms. The van der Waals surface area contributed by atoms with E-state index in [9.17, 15) is 9.59 Å². The van der Waals surface area contributed by atoms with Crippen LogP contribution in [0, 0.1) is 0 Å². The first-order chi connectivity index (χ1) is 15.6. The Bertz CT molecular complexity index is 1140. The van der Waals surface area contributed by atoms with E-state index in [1.54, 1.807) is 31.5 Å². The average Bonchev–Trinajstić information content (AvgIpc) is 2.83. The van der Waals surface area contributed by atoms with Crippen molar-refractivity contribution in [2.75, 3.05) is 20.3 Å². The van der Waals surface area contributed by atoms with Crippen LogP contribution in [0.15, 0.2) is 71.8 Å². The summed E-state index contributed by atoms with van der Waals surface area (Å²) in [6.45, 7) is 2.22. The third kappa shape index (κ3) is 6.18. The van der Waals surface area contributed by atoms with Crippen LogP contribution in [0.5, 0.6) is 11.5 Å². The zero-order chi connectivity index (χ0) is 22.8. The van der Waals surface area contributed by atoms with Crippen LogP contribution in [0.2, 0.25) is 0 Å². The molecule has 0 bridgehead atoms. The Morgan fingerprint density at radius 2 is 1.81 bits per heavy atom. The molecule has 3 aromatic carbocycles. The maximum atomic E-state index is 12.0. The van der Waals surface area contributed by atoms with E-state index in [2.05, 4.69) is 15.8 Å². The quantitative estimate of drug-likeness (QED) is 0.308. The predicted molar refractivity (Wildman–Crippen MR) is 126 cm³/mol. The van der Waals surface area contributed by atoms with Crippen LogP contribution >= 0.6 is 0 Å². The van der Waals surface area contributed by atoms with E-state index in [0.29, 0.717) is 12.4 Å². The number of hydrogen-bond acceptors (Lipinski definition) is 5. The van der Waals surface area contributed by atoms with Gasteiger partial charge in [-0.25, -0.2) is 5.43 Å².